The van der Waals surface area contributed by atoms with Crippen molar-refractivity contribution < 1.29 is 4.39 Å². The van der Waals surface area contributed by atoms with Crippen LogP contribution in [0.25, 0.3) is 5.78 Å². The van der Waals surface area contributed by atoms with Crippen molar-refractivity contribution in [2.75, 3.05) is 13.1 Å². The normalized spacial score (nSPS) is 11.8. The maximum absolute atomic E-state index is 13.1. The van der Waals surface area contributed by atoms with Crippen molar-refractivity contribution in [3.05, 3.63) is 65.0 Å². The summed E-state index contributed by atoms with van der Waals surface area (Å²) >= 11 is 0. The van der Waals surface area contributed by atoms with E-state index in [1.54, 1.807) is 0 Å². The van der Waals surface area contributed by atoms with Crippen molar-refractivity contribution in [2.24, 2.45) is 5.92 Å². The van der Waals surface area contributed by atoms with Crippen molar-refractivity contribution in [1.82, 2.24) is 19.3 Å². The van der Waals surface area contributed by atoms with Crippen molar-refractivity contribution in [1.29, 1.82) is 0 Å². The molecule has 0 aliphatic rings. The van der Waals surface area contributed by atoms with E-state index in [4.69, 9.17) is 0 Å². The number of fused-ring (bicyclic) bond motifs is 1. The standard InChI is InChI=1S/C21H27FN4/c1-15(2)13-25(10-9-18-5-7-19(22)8-6-18)14-20-12-23-21-24-16(3)11-17(4)26(20)21/h5-8,11-12,15H,9-10,13-14H2,1-4H3. The maximum atomic E-state index is 13.1. The van der Waals surface area contributed by atoms with Gasteiger partial charge in [-0.2, -0.15) is 0 Å². The third-order valence-corrected chi connectivity index (χ3v) is 4.50. The summed E-state index contributed by atoms with van der Waals surface area (Å²) in [6.45, 7) is 11.3. The molecule has 0 amide bonds. The molecule has 0 saturated carbocycles. The largest absolute Gasteiger partial charge is 0.297 e. The van der Waals surface area contributed by atoms with E-state index in [2.05, 4.69) is 46.1 Å². The Morgan fingerprint density at radius 3 is 2.58 bits per heavy atom. The molecule has 0 saturated heterocycles. The van der Waals surface area contributed by atoms with E-state index in [1.807, 2.05) is 25.3 Å². The zero-order valence-electron chi connectivity index (χ0n) is 16.0. The lowest BCUT2D eigenvalue weighted by Gasteiger charge is -2.24. The van der Waals surface area contributed by atoms with Crippen LogP contribution in [0, 0.1) is 25.6 Å². The molecular weight excluding hydrogens is 327 g/mol. The third kappa shape index (κ3) is 4.47. The van der Waals surface area contributed by atoms with Crippen LogP contribution in [0.4, 0.5) is 4.39 Å². The number of halogens is 1. The van der Waals surface area contributed by atoms with Crippen molar-refractivity contribution in [3.63, 3.8) is 0 Å². The van der Waals surface area contributed by atoms with E-state index in [0.717, 1.165) is 54.5 Å². The number of nitrogens with zero attached hydrogens (tertiary/aromatic N) is 4. The van der Waals surface area contributed by atoms with Crippen LogP contribution in [0.1, 0.15) is 36.5 Å². The predicted molar refractivity (Wildman–Crippen MR) is 103 cm³/mol. The number of hydrogen-bond acceptors (Lipinski definition) is 3. The lowest BCUT2D eigenvalue weighted by atomic mass is 10.1. The summed E-state index contributed by atoms with van der Waals surface area (Å²) in [6.07, 6.45) is 2.83. The topological polar surface area (TPSA) is 33.4 Å². The number of imidazole rings is 1. The van der Waals surface area contributed by atoms with Gasteiger partial charge < -0.3 is 0 Å². The van der Waals surface area contributed by atoms with Crippen LogP contribution in [-0.4, -0.2) is 32.4 Å². The fraction of sp³-hybridized carbons (Fsp3) is 0.429. The second-order valence-electron chi connectivity index (χ2n) is 7.43. The molecule has 138 valence electrons. The van der Waals surface area contributed by atoms with Gasteiger partial charge in [0.2, 0.25) is 5.78 Å². The summed E-state index contributed by atoms with van der Waals surface area (Å²) in [4.78, 5) is 11.5. The molecule has 2 aromatic heterocycles. The van der Waals surface area contributed by atoms with Crippen LogP contribution < -0.4 is 0 Å². The smallest absolute Gasteiger partial charge is 0.234 e. The second-order valence-corrected chi connectivity index (χ2v) is 7.43. The third-order valence-electron chi connectivity index (χ3n) is 4.50. The summed E-state index contributed by atoms with van der Waals surface area (Å²) in [5.74, 6) is 1.15. The van der Waals surface area contributed by atoms with Crippen LogP contribution in [0.15, 0.2) is 36.5 Å². The molecule has 4 nitrogen and oxygen atoms in total. The monoisotopic (exact) mass is 354 g/mol. The molecule has 0 unspecified atom stereocenters. The molecule has 0 radical (unpaired) electrons. The van der Waals surface area contributed by atoms with E-state index in [9.17, 15) is 4.39 Å². The number of rotatable bonds is 7. The van der Waals surface area contributed by atoms with Gasteiger partial charge in [-0.15, -0.1) is 0 Å². The molecular formula is C21H27FN4. The van der Waals surface area contributed by atoms with Crippen LogP contribution in [0.3, 0.4) is 0 Å². The number of benzene rings is 1. The van der Waals surface area contributed by atoms with Crippen LogP contribution >= 0.6 is 0 Å². The Morgan fingerprint density at radius 1 is 1.15 bits per heavy atom. The first-order valence-corrected chi connectivity index (χ1v) is 9.19. The Labute approximate surface area is 154 Å². The summed E-state index contributed by atoms with van der Waals surface area (Å²) in [6, 6.07) is 8.89. The van der Waals surface area contributed by atoms with Crippen LogP contribution in [0.5, 0.6) is 0 Å². The molecule has 0 aliphatic carbocycles. The van der Waals surface area contributed by atoms with Crippen LogP contribution in [0.2, 0.25) is 0 Å². The molecule has 0 fully saturated rings. The highest BCUT2D eigenvalue weighted by molar-refractivity contribution is 5.35. The minimum Gasteiger partial charge on any atom is -0.297 e. The number of aryl methyl sites for hydroxylation is 2. The highest BCUT2D eigenvalue weighted by Gasteiger charge is 2.14. The van der Waals surface area contributed by atoms with Gasteiger partial charge in [0.15, 0.2) is 0 Å². The van der Waals surface area contributed by atoms with Gasteiger partial charge in [0.25, 0.3) is 0 Å². The molecule has 2 heterocycles. The molecule has 3 aromatic rings. The molecule has 3 rings (SSSR count). The van der Waals surface area contributed by atoms with Gasteiger partial charge in [0.1, 0.15) is 5.82 Å². The van der Waals surface area contributed by atoms with Crippen molar-refractivity contribution in [3.8, 4) is 0 Å². The molecule has 0 aliphatic heterocycles. The molecule has 0 atom stereocenters. The zero-order valence-corrected chi connectivity index (χ0v) is 16.0. The van der Waals surface area contributed by atoms with E-state index in [-0.39, 0.29) is 5.82 Å². The molecule has 1 aromatic carbocycles. The summed E-state index contributed by atoms with van der Waals surface area (Å²) in [5, 5.41) is 0. The SMILES string of the molecule is Cc1cc(C)n2c(CN(CCc3ccc(F)cc3)CC(C)C)cnc2n1. The van der Waals surface area contributed by atoms with Crippen molar-refractivity contribution in [2.45, 2.75) is 40.7 Å². The Bertz CT molecular complexity index is 868. The Balaban J connectivity index is 1.77. The van der Waals surface area contributed by atoms with E-state index in [1.165, 1.54) is 12.1 Å². The van der Waals surface area contributed by atoms with Gasteiger partial charge in [-0.25, -0.2) is 14.4 Å². The van der Waals surface area contributed by atoms with Crippen molar-refractivity contribution >= 4 is 5.78 Å². The maximum Gasteiger partial charge on any atom is 0.234 e. The molecule has 0 bridgehead atoms. The number of hydrogen-bond donors (Lipinski definition) is 0. The van der Waals surface area contributed by atoms with Gasteiger partial charge >= 0.3 is 0 Å². The highest BCUT2D eigenvalue weighted by Crippen LogP contribution is 2.14. The van der Waals surface area contributed by atoms with Crippen LogP contribution in [-0.2, 0) is 13.0 Å². The molecule has 26 heavy (non-hydrogen) atoms. The molecule has 0 spiro atoms. The van der Waals surface area contributed by atoms with Gasteiger partial charge in [-0.05, 0) is 49.9 Å². The lowest BCUT2D eigenvalue weighted by Crippen LogP contribution is -2.30. The average molecular weight is 354 g/mol. The second kappa shape index (κ2) is 7.96. The first-order chi connectivity index (χ1) is 12.4. The lowest BCUT2D eigenvalue weighted by molar-refractivity contribution is 0.235. The minimum absolute atomic E-state index is 0.184. The number of aromatic nitrogens is 3. The van der Waals surface area contributed by atoms with Gasteiger partial charge in [-0.1, -0.05) is 26.0 Å². The summed E-state index contributed by atoms with van der Waals surface area (Å²) < 4.78 is 15.2. The van der Waals surface area contributed by atoms with Gasteiger partial charge in [0, 0.05) is 31.0 Å². The predicted octanol–water partition coefficient (Wildman–Crippen LogP) is 4.19. The first-order valence-electron chi connectivity index (χ1n) is 9.19. The van der Waals surface area contributed by atoms with E-state index < -0.39 is 0 Å². The first kappa shape index (κ1) is 18.5. The zero-order chi connectivity index (χ0) is 18.7. The Morgan fingerprint density at radius 2 is 1.88 bits per heavy atom. The minimum atomic E-state index is -0.184. The van der Waals surface area contributed by atoms with Gasteiger partial charge in [0.05, 0.1) is 11.9 Å². The van der Waals surface area contributed by atoms with E-state index in [0.29, 0.717) is 5.92 Å². The fourth-order valence-electron chi connectivity index (χ4n) is 3.43. The van der Waals surface area contributed by atoms with E-state index >= 15 is 0 Å². The summed E-state index contributed by atoms with van der Waals surface area (Å²) in [5.41, 5.74) is 4.46. The molecule has 5 heteroatoms. The summed E-state index contributed by atoms with van der Waals surface area (Å²) in [7, 11) is 0. The Kier molecular flexibility index (Phi) is 5.67. The molecule has 0 N–H and O–H groups in total. The van der Waals surface area contributed by atoms with Gasteiger partial charge in [-0.3, -0.25) is 9.30 Å². The fourth-order valence-corrected chi connectivity index (χ4v) is 3.43. The highest BCUT2D eigenvalue weighted by atomic mass is 19.1. The quantitative estimate of drug-likeness (QED) is 0.638. The average Bonchev–Trinajstić information content (AvgIpc) is 2.96. The Hall–Kier alpha value is -2.27.